The predicted octanol–water partition coefficient (Wildman–Crippen LogP) is 3.06. The molecule has 1 aliphatic heterocycles. The van der Waals surface area contributed by atoms with Gasteiger partial charge in [0.2, 0.25) is 11.8 Å². The van der Waals surface area contributed by atoms with E-state index >= 15 is 0 Å². The van der Waals surface area contributed by atoms with Crippen LogP contribution in [0.15, 0.2) is 42.5 Å². The molecule has 2 aromatic carbocycles. The summed E-state index contributed by atoms with van der Waals surface area (Å²) in [5, 5.41) is 13.9. The minimum absolute atomic E-state index is 0.0367. The summed E-state index contributed by atoms with van der Waals surface area (Å²) in [6.07, 6.45) is 0.749. The number of rotatable bonds is 5. The van der Waals surface area contributed by atoms with E-state index in [1.165, 1.54) is 19.1 Å². The first-order valence-electron chi connectivity index (χ1n) is 8.76. The molecule has 0 fully saturated rings. The van der Waals surface area contributed by atoms with Gasteiger partial charge in [0.1, 0.15) is 0 Å². The molecule has 0 spiro atoms. The minimum atomic E-state index is -0.465. The fourth-order valence-corrected chi connectivity index (χ4v) is 3.32. The monoisotopic (exact) mass is 367 g/mol. The van der Waals surface area contributed by atoms with Gasteiger partial charge in [-0.05, 0) is 24.5 Å². The molecule has 1 heterocycles. The molecule has 1 unspecified atom stereocenters. The third-order valence-electron chi connectivity index (χ3n) is 4.71. The van der Waals surface area contributed by atoms with Crippen molar-refractivity contribution in [2.24, 2.45) is 0 Å². The molecule has 0 saturated heterocycles. The Balaban J connectivity index is 1.83. The first-order valence-corrected chi connectivity index (χ1v) is 8.76. The summed E-state index contributed by atoms with van der Waals surface area (Å²) >= 11 is 0. The first-order chi connectivity index (χ1) is 12.8. The van der Waals surface area contributed by atoms with Crippen LogP contribution < -0.4 is 10.2 Å². The fourth-order valence-electron chi connectivity index (χ4n) is 3.32. The number of carbonyl (C=O) groups excluding carboxylic acids is 2. The molecule has 1 N–H and O–H groups in total. The Morgan fingerprint density at radius 2 is 1.93 bits per heavy atom. The molecule has 27 heavy (non-hydrogen) atoms. The van der Waals surface area contributed by atoms with Crippen molar-refractivity contribution in [3.05, 3.63) is 69.3 Å². The van der Waals surface area contributed by atoms with Crippen molar-refractivity contribution < 1.29 is 14.5 Å². The summed E-state index contributed by atoms with van der Waals surface area (Å²) in [4.78, 5) is 36.7. The molecule has 7 heteroatoms. The molecule has 0 saturated carbocycles. The maximum absolute atomic E-state index is 12.9. The molecule has 1 aliphatic rings. The van der Waals surface area contributed by atoms with E-state index in [1.807, 2.05) is 31.2 Å². The lowest BCUT2D eigenvalue weighted by atomic mass is 10.0. The van der Waals surface area contributed by atoms with Gasteiger partial charge in [-0.3, -0.25) is 19.7 Å². The van der Waals surface area contributed by atoms with Gasteiger partial charge in [-0.1, -0.05) is 35.9 Å². The number of anilines is 1. The number of carbonyl (C=O) groups is 2. The number of aryl methyl sites for hydroxylation is 1. The number of non-ortho nitro benzene ring substituents is 1. The average molecular weight is 367 g/mol. The van der Waals surface area contributed by atoms with E-state index < -0.39 is 11.0 Å². The Bertz CT molecular complexity index is 893. The molecule has 1 atom stereocenters. The van der Waals surface area contributed by atoms with Crippen LogP contribution in [0, 0.1) is 17.0 Å². The number of fused-ring (bicyclic) bond motifs is 1. The zero-order valence-corrected chi connectivity index (χ0v) is 15.3. The Morgan fingerprint density at radius 1 is 1.22 bits per heavy atom. The third-order valence-corrected chi connectivity index (χ3v) is 4.71. The predicted molar refractivity (Wildman–Crippen MR) is 102 cm³/mol. The topological polar surface area (TPSA) is 92.6 Å². The van der Waals surface area contributed by atoms with Crippen molar-refractivity contribution in [3.63, 3.8) is 0 Å². The highest BCUT2D eigenvalue weighted by molar-refractivity contribution is 5.96. The van der Waals surface area contributed by atoms with Crippen molar-refractivity contribution in [3.8, 4) is 0 Å². The van der Waals surface area contributed by atoms with E-state index in [0.717, 1.165) is 16.7 Å². The van der Waals surface area contributed by atoms with Crippen LogP contribution in [0.5, 0.6) is 0 Å². The SMILES string of the molecule is CC(=O)NC(CC(=O)N1CCc2ccc([N+](=O)[O-])cc21)c1ccc(C)cc1. The molecule has 140 valence electrons. The van der Waals surface area contributed by atoms with E-state index in [2.05, 4.69) is 5.32 Å². The number of hydrogen-bond donors (Lipinski definition) is 1. The van der Waals surface area contributed by atoms with Gasteiger partial charge in [-0.25, -0.2) is 0 Å². The van der Waals surface area contributed by atoms with Gasteiger partial charge in [0.05, 0.1) is 23.1 Å². The normalized spacial score (nSPS) is 13.8. The first kappa shape index (κ1) is 18.6. The van der Waals surface area contributed by atoms with E-state index in [-0.39, 0.29) is 23.9 Å². The van der Waals surface area contributed by atoms with Gasteiger partial charge in [-0.2, -0.15) is 0 Å². The molecule has 3 rings (SSSR count). The van der Waals surface area contributed by atoms with Crippen LogP contribution >= 0.6 is 0 Å². The Kier molecular flexibility index (Phi) is 5.21. The van der Waals surface area contributed by atoms with E-state index in [9.17, 15) is 19.7 Å². The summed E-state index contributed by atoms with van der Waals surface area (Å²) in [7, 11) is 0. The van der Waals surface area contributed by atoms with Gasteiger partial charge >= 0.3 is 0 Å². The number of benzene rings is 2. The largest absolute Gasteiger partial charge is 0.349 e. The Labute approximate surface area is 157 Å². The van der Waals surface area contributed by atoms with Crippen molar-refractivity contribution in [1.82, 2.24) is 5.32 Å². The van der Waals surface area contributed by atoms with Gasteiger partial charge in [0.15, 0.2) is 0 Å². The highest BCUT2D eigenvalue weighted by Crippen LogP contribution is 2.33. The molecule has 7 nitrogen and oxygen atoms in total. The summed E-state index contributed by atoms with van der Waals surface area (Å²) in [6.45, 7) is 3.87. The number of nitrogens with zero attached hydrogens (tertiary/aromatic N) is 2. The highest BCUT2D eigenvalue weighted by atomic mass is 16.6. The number of nitro groups is 1. The Hall–Kier alpha value is -3.22. The third kappa shape index (κ3) is 4.13. The molecule has 2 aromatic rings. The lowest BCUT2D eigenvalue weighted by Gasteiger charge is -2.23. The van der Waals surface area contributed by atoms with Gasteiger partial charge < -0.3 is 10.2 Å². The van der Waals surface area contributed by atoms with Crippen LogP contribution in [0.1, 0.15) is 36.1 Å². The summed E-state index contributed by atoms with van der Waals surface area (Å²) < 4.78 is 0. The molecule has 0 bridgehead atoms. The van der Waals surface area contributed by atoms with Crippen molar-refractivity contribution >= 4 is 23.2 Å². The van der Waals surface area contributed by atoms with Crippen LogP contribution in [-0.2, 0) is 16.0 Å². The van der Waals surface area contributed by atoms with Crippen molar-refractivity contribution in [1.29, 1.82) is 0 Å². The van der Waals surface area contributed by atoms with Crippen LogP contribution in [0.2, 0.25) is 0 Å². The molecular formula is C20H21N3O4. The van der Waals surface area contributed by atoms with Gasteiger partial charge in [0, 0.05) is 25.6 Å². The molecule has 0 radical (unpaired) electrons. The van der Waals surface area contributed by atoms with Crippen LogP contribution in [0.3, 0.4) is 0 Å². The number of amides is 2. The van der Waals surface area contributed by atoms with Crippen LogP contribution in [0.4, 0.5) is 11.4 Å². The maximum atomic E-state index is 12.9. The second kappa shape index (κ2) is 7.57. The Morgan fingerprint density at radius 3 is 2.56 bits per heavy atom. The second-order valence-electron chi connectivity index (χ2n) is 6.73. The summed E-state index contributed by atoms with van der Waals surface area (Å²) in [5.74, 6) is -0.389. The van der Waals surface area contributed by atoms with Crippen LogP contribution in [-0.4, -0.2) is 23.3 Å². The summed E-state index contributed by atoms with van der Waals surface area (Å²) in [6, 6.07) is 11.8. The highest BCUT2D eigenvalue weighted by Gasteiger charge is 2.29. The maximum Gasteiger partial charge on any atom is 0.271 e. The van der Waals surface area contributed by atoms with Crippen molar-refractivity contribution in [2.75, 3.05) is 11.4 Å². The smallest absolute Gasteiger partial charge is 0.271 e. The average Bonchev–Trinajstić information content (AvgIpc) is 3.04. The molecule has 0 aliphatic carbocycles. The zero-order chi connectivity index (χ0) is 19.6. The van der Waals surface area contributed by atoms with E-state index in [0.29, 0.717) is 18.7 Å². The lowest BCUT2D eigenvalue weighted by Crippen LogP contribution is -2.35. The molecule has 2 amide bonds. The quantitative estimate of drug-likeness (QED) is 0.649. The second-order valence-corrected chi connectivity index (χ2v) is 6.73. The number of nitrogens with one attached hydrogen (secondary N) is 1. The van der Waals surface area contributed by atoms with Crippen molar-refractivity contribution in [2.45, 2.75) is 32.7 Å². The number of hydrogen-bond acceptors (Lipinski definition) is 4. The standard InChI is InChI=1S/C20H21N3O4/c1-13-3-5-15(6-4-13)18(21-14(2)24)12-20(25)22-10-9-16-7-8-17(23(26)27)11-19(16)22/h3-8,11,18H,9-10,12H2,1-2H3,(H,21,24). The van der Waals surface area contributed by atoms with Crippen LogP contribution in [0.25, 0.3) is 0 Å². The lowest BCUT2D eigenvalue weighted by molar-refractivity contribution is -0.384. The van der Waals surface area contributed by atoms with Gasteiger partial charge in [0.25, 0.3) is 5.69 Å². The number of nitro benzene ring substituents is 1. The minimum Gasteiger partial charge on any atom is -0.349 e. The van der Waals surface area contributed by atoms with E-state index in [1.54, 1.807) is 11.0 Å². The fraction of sp³-hybridized carbons (Fsp3) is 0.300. The molecule has 0 aromatic heterocycles. The summed E-state index contributed by atoms with van der Waals surface area (Å²) in [5.41, 5.74) is 3.40. The zero-order valence-electron chi connectivity index (χ0n) is 15.3. The van der Waals surface area contributed by atoms with Gasteiger partial charge in [-0.15, -0.1) is 0 Å². The van der Waals surface area contributed by atoms with E-state index in [4.69, 9.17) is 0 Å². The molecular weight excluding hydrogens is 346 g/mol.